The highest BCUT2D eigenvalue weighted by atomic mass is 16.5. The number of amides is 1. The van der Waals surface area contributed by atoms with Crippen LogP contribution in [0.3, 0.4) is 0 Å². The molecule has 5 heteroatoms. The molecular formula is C17H24N2O3. The lowest BCUT2D eigenvalue weighted by molar-refractivity contribution is -0.129. The predicted octanol–water partition coefficient (Wildman–Crippen LogP) is 2.56. The van der Waals surface area contributed by atoms with Crippen LogP contribution in [0.4, 0.5) is 5.69 Å². The SMILES string of the molecule is CN(C)c1ccc2c(c1)C(=O)C(CCCCC(=O)NO)CC2. The fraction of sp³-hybridized carbons (Fsp3) is 0.529. The van der Waals surface area contributed by atoms with E-state index in [2.05, 4.69) is 12.1 Å². The van der Waals surface area contributed by atoms with Gasteiger partial charge in [0.15, 0.2) is 5.78 Å². The zero-order valence-corrected chi connectivity index (χ0v) is 13.3. The first kappa shape index (κ1) is 16.5. The number of unbranched alkanes of at least 4 members (excludes halogenated alkanes) is 1. The summed E-state index contributed by atoms with van der Waals surface area (Å²) in [6, 6.07) is 6.10. The van der Waals surface area contributed by atoms with Crippen molar-refractivity contribution in [3.05, 3.63) is 29.3 Å². The molecule has 1 unspecified atom stereocenters. The summed E-state index contributed by atoms with van der Waals surface area (Å²) in [7, 11) is 3.94. The molecule has 0 saturated carbocycles. The number of hydroxylamine groups is 1. The number of ketones is 1. The van der Waals surface area contributed by atoms with Crippen molar-refractivity contribution in [2.45, 2.75) is 38.5 Å². The summed E-state index contributed by atoms with van der Waals surface area (Å²) >= 11 is 0. The Labute approximate surface area is 131 Å². The van der Waals surface area contributed by atoms with E-state index in [9.17, 15) is 9.59 Å². The van der Waals surface area contributed by atoms with Gasteiger partial charge in [0.1, 0.15) is 0 Å². The number of fused-ring (bicyclic) bond motifs is 1. The maximum Gasteiger partial charge on any atom is 0.243 e. The quantitative estimate of drug-likeness (QED) is 0.481. The molecule has 1 aromatic rings. The van der Waals surface area contributed by atoms with Crippen LogP contribution in [0.15, 0.2) is 18.2 Å². The number of anilines is 1. The van der Waals surface area contributed by atoms with Gasteiger partial charge in [0.05, 0.1) is 0 Å². The lowest BCUT2D eigenvalue weighted by Crippen LogP contribution is -2.23. The largest absolute Gasteiger partial charge is 0.378 e. The minimum absolute atomic E-state index is 0.0575. The van der Waals surface area contributed by atoms with Gasteiger partial charge < -0.3 is 4.90 Å². The monoisotopic (exact) mass is 304 g/mol. The van der Waals surface area contributed by atoms with E-state index in [4.69, 9.17) is 5.21 Å². The Bertz CT molecular complexity index is 555. The predicted molar refractivity (Wildman–Crippen MR) is 85.3 cm³/mol. The molecule has 5 nitrogen and oxygen atoms in total. The summed E-state index contributed by atoms with van der Waals surface area (Å²) in [6.07, 6.45) is 4.46. The van der Waals surface area contributed by atoms with Gasteiger partial charge in [0.25, 0.3) is 0 Å². The first-order valence-electron chi connectivity index (χ1n) is 7.80. The Morgan fingerprint density at radius 1 is 1.36 bits per heavy atom. The van der Waals surface area contributed by atoms with E-state index < -0.39 is 0 Å². The summed E-state index contributed by atoms with van der Waals surface area (Å²) in [5, 5.41) is 8.45. The number of hydrogen-bond donors (Lipinski definition) is 2. The van der Waals surface area contributed by atoms with Crippen LogP contribution in [0.25, 0.3) is 0 Å². The van der Waals surface area contributed by atoms with Crippen LogP contribution in [0.2, 0.25) is 0 Å². The van der Waals surface area contributed by atoms with Crippen LogP contribution in [0, 0.1) is 5.92 Å². The lowest BCUT2D eigenvalue weighted by atomic mass is 9.80. The van der Waals surface area contributed by atoms with Gasteiger partial charge in [0.2, 0.25) is 5.91 Å². The number of nitrogens with one attached hydrogen (secondary N) is 1. The third kappa shape index (κ3) is 3.85. The standard InChI is InChI=1S/C17H24N2O3/c1-19(2)14-10-9-12-7-8-13(17(21)15(12)11-14)5-3-4-6-16(20)18-22/h9-11,13,22H,3-8H2,1-2H3,(H,18,20). The van der Waals surface area contributed by atoms with Crippen LogP contribution in [0.5, 0.6) is 0 Å². The van der Waals surface area contributed by atoms with Crippen molar-refractivity contribution >= 4 is 17.4 Å². The number of benzene rings is 1. The topological polar surface area (TPSA) is 69.6 Å². The van der Waals surface area contributed by atoms with Gasteiger partial charge in [0, 0.05) is 37.7 Å². The van der Waals surface area contributed by atoms with Crippen LogP contribution in [-0.2, 0) is 11.2 Å². The van der Waals surface area contributed by atoms with Crippen molar-refractivity contribution in [1.29, 1.82) is 0 Å². The first-order valence-corrected chi connectivity index (χ1v) is 7.80. The van der Waals surface area contributed by atoms with Gasteiger partial charge in [-0.25, -0.2) is 5.48 Å². The van der Waals surface area contributed by atoms with Gasteiger partial charge in [-0.15, -0.1) is 0 Å². The molecule has 1 aromatic carbocycles. The van der Waals surface area contributed by atoms with E-state index in [0.29, 0.717) is 12.8 Å². The van der Waals surface area contributed by atoms with Crippen molar-refractivity contribution in [3.63, 3.8) is 0 Å². The number of nitrogens with zero attached hydrogens (tertiary/aromatic N) is 1. The molecule has 1 atom stereocenters. The number of aryl methyl sites for hydroxylation is 1. The molecule has 1 amide bonds. The summed E-state index contributed by atoms with van der Waals surface area (Å²) in [6.45, 7) is 0. The molecule has 2 N–H and O–H groups in total. The molecule has 0 aromatic heterocycles. The van der Waals surface area contributed by atoms with E-state index in [1.54, 1.807) is 5.48 Å². The van der Waals surface area contributed by atoms with Crippen LogP contribution in [-0.4, -0.2) is 31.0 Å². The fourth-order valence-electron chi connectivity index (χ4n) is 2.98. The van der Waals surface area contributed by atoms with Crippen molar-refractivity contribution in [1.82, 2.24) is 5.48 Å². The first-order chi connectivity index (χ1) is 10.5. The summed E-state index contributed by atoms with van der Waals surface area (Å²) in [5.74, 6) is -0.0744. The van der Waals surface area contributed by atoms with E-state index in [0.717, 1.165) is 42.5 Å². The average Bonchev–Trinajstić information content (AvgIpc) is 2.52. The van der Waals surface area contributed by atoms with Gasteiger partial charge in [-0.1, -0.05) is 12.5 Å². The highest BCUT2D eigenvalue weighted by Crippen LogP contribution is 2.31. The number of rotatable bonds is 6. The zero-order valence-electron chi connectivity index (χ0n) is 13.3. The van der Waals surface area contributed by atoms with Gasteiger partial charge in [-0.05, 0) is 43.4 Å². The van der Waals surface area contributed by atoms with Crippen LogP contribution >= 0.6 is 0 Å². The minimum atomic E-state index is -0.365. The molecule has 1 aliphatic carbocycles. The van der Waals surface area contributed by atoms with Gasteiger partial charge in [-0.2, -0.15) is 0 Å². The van der Waals surface area contributed by atoms with Crippen molar-refractivity contribution in [2.24, 2.45) is 5.92 Å². The summed E-state index contributed by atoms with van der Waals surface area (Å²) in [4.78, 5) is 25.6. The second-order valence-electron chi connectivity index (χ2n) is 6.12. The highest BCUT2D eigenvalue weighted by molar-refractivity contribution is 6.01. The Morgan fingerprint density at radius 2 is 2.14 bits per heavy atom. The van der Waals surface area contributed by atoms with E-state index in [1.165, 1.54) is 0 Å². The smallest absolute Gasteiger partial charge is 0.243 e. The van der Waals surface area contributed by atoms with Gasteiger partial charge in [-0.3, -0.25) is 14.8 Å². The molecule has 0 radical (unpaired) electrons. The second kappa shape index (κ2) is 7.40. The Morgan fingerprint density at radius 3 is 2.82 bits per heavy atom. The summed E-state index contributed by atoms with van der Waals surface area (Å²) < 4.78 is 0. The second-order valence-corrected chi connectivity index (χ2v) is 6.12. The lowest BCUT2D eigenvalue weighted by Gasteiger charge is -2.25. The molecule has 0 fully saturated rings. The Kier molecular flexibility index (Phi) is 5.55. The molecule has 0 heterocycles. The molecular weight excluding hydrogens is 280 g/mol. The number of Topliss-reactive ketones (excluding diaryl/α,β-unsaturated/α-hetero) is 1. The molecule has 0 bridgehead atoms. The average molecular weight is 304 g/mol. The molecule has 0 spiro atoms. The van der Waals surface area contributed by atoms with E-state index in [-0.39, 0.29) is 17.6 Å². The third-order valence-corrected chi connectivity index (χ3v) is 4.34. The van der Waals surface area contributed by atoms with Crippen LogP contribution < -0.4 is 10.4 Å². The molecule has 0 aliphatic heterocycles. The van der Waals surface area contributed by atoms with Crippen molar-refractivity contribution in [2.75, 3.05) is 19.0 Å². The zero-order chi connectivity index (χ0) is 16.1. The normalized spacial score (nSPS) is 17.0. The maximum absolute atomic E-state index is 12.6. The Balaban J connectivity index is 1.96. The minimum Gasteiger partial charge on any atom is -0.378 e. The maximum atomic E-state index is 12.6. The summed E-state index contributed by atoms with van der Waals surface area (Å²) in [5.41, 5.74) is 4.68. The highest BCUT2D eigenvalue weighted by Gasteiger charge is 2.27. The Hall–Kier alpha value is -1.88. The van der Waals surface area contributed by atoms with E-state index >= 15 is 0 Å². The fourth-order valence-corrected chi connectivity index (χ4v) is 2.98. The van der Waals surface area contributed by atoms with Crippen molar-refractivity contribution in [3.8, 4) is 0 Å². The van der Waals surface area contributed by atoms with E-state index in [1.807, 2.05) is 25.1 Å². The number of hydrogen-bond acceptors (Lipinski definition) is 4. The molecule has 0 saturated heterocycles. The third-order valence-electron chi connectivity index (χ3n) is 4.34. The molecule has 120 valence electrons. The van der Waals surface area contributed by atoms with Crippen LogP contribution in [0.1, 0.15) is 48.0 Å². The number of carbonyl (C=O) groups excluding carboxylic acids is 2. The number of carbonyl (C=O) groups is 2. The molecule has 1 aliphatic rings. The van der Waals surface area contributed by atoms with Gasteiger partial charge >= 0.3 is 0 Å². The van der Waals surface area contributed by atoms with Crippen molar-refractivity contribution < 1.29 is 14.8 Å². The molecule has 22 heavy (non-hydrogen) atoms. The molecule has 2 rings (SSSR count).